The highest BCUT2D eigenvalue weighted by atomic mass is 32.2. The number of Topliss-reactive ketones (excluding diaryl/α,β-unsaturated/α-hetero) is 1. The standard InChI is InChI=1S/C23H24N4OS/c1-14-9-10-17(15(2)11-14)20-12-19(21(28)16-7-5-4-6-8-16)25-22-18(13-24)23(29-3)26-27(20)22/h4-11,19-20,22,25-26H,12H2,1-3H3. The predicted octanol–water partition coefficient (Wildman–Crippen LogP) is 3.83. The normalized spacial score (nSPS) is 24.0. The molecule has 2 aliphatic heterocycles. The summed E-state index contributed by atoms with van der Waals surface area (Å²) >= 11 is 1.52. The third-order valence-corrected chi connectivity index (χ3v) is 6.38. The zero-order valence-electron chi connectivity index (χ0n) is 16.8. The Labute approximate surface area is 175 Å². The molecule has 3 unspecified atom stereocenters. The molecule has 2 aromatic rings. The first-order valence-electron chi connectivity index (χ1n) is 9.69. The molecule has 1 fully saturated rings. The molecule has 2 aliphatic rings. The first kappa shape index (κ1) is 19.7. The molecule has 0 aromatic heterocycles. The van der Waals surface area contributed by atoms with Crippen molar-refractivity contribution in [3.8, 4) is 6.07 Å². The smallest absolute Gasteiger partial charge is 0.179 e. The lowest BCUT2D eigenvalue weighted by Gasteiger charge is -2.42. The quantitative estimate of drug-likeness (QED) is 0.755. The molecule has 0 radical (unpaired) electrons. The minimum atomic E-state index is -0.365. The fourth-order valence-electron chi connectivity index (χ4n) is 4.25. The van der Waals surface area contributed by atoms with Crippen LogP contribution in [0.1, 0.15) is 39.5 Å². The number of carbonyl (C=O) groups is 1. The molecule has 0 amide bonds. The number of carbonyl (C=O) groups excluding carboxylic acids is 1. The Bertz CT molecular complexity index is 1010. The molecular weight excluding hydrogens is 380 g/mol. The number of hydrazine groups is 1. The summed E-state index contributed by atoms with van der Waals surface area (Å²) in [5, 5.41) is 16.1. The summed E-state index contributed by atoms with van der Waals surface area (Å²) in [5.41, 5.74) is 8.33. The Balaban J connectivity index is 1.74. The van der Waals surface area contributed by atoms with Gasteiger partial charge >= 0.3 is 0 Å². The van der Waals surface area contributed by atoms with Gasteiger partial charge in [-0.15, -0.1) is 11.8 Å². The van der Waals surface area contributed by atoms with Crippen molar-refractivity contribution in [3.05, 3.63) is 81.4 Å². The molecule has 2 aromatic carbocycles. The van der Waals surface area contributed by atoms with E-state index in [4.69, 9.17) is 0 Å². The van der Waals surface area contributed by atoms with Crippen molar-refractivity contribution >= 4 is 17.5 Å². The van der Waals surface area contributed by atoms with Crippen LogP contribution in [0.2, 0.25) is 0 Å². The lowest BCUT2D eigenvalue weighted by molar-refractivity contribution is 0.0427. The summed E-state index contributed by atoms with van der Waals surface area (Å²) in [6, 6.07) is 17.8. The number of rotatable bonds is 4. The van der Waals surface area contributed by atoms with Gasteiger partial charge < -0.3 is 5.43 Å². The number of benzene rings is 2. The number of ketones is 1. The Morgan fingerprint density at radius 1 is 1.21 bits per heavy atom. The summed E-state index contributed by atoms with van der Waals surface area (Å²) in [6.07, 6.45) is 2.25. The van der Waals surface area contributed by atoms with E-state index in [2.05, 4.69) is 53.9 Å². The molecule has 0 bridgehead atoms. The molecule has 29 heavy (non-hydrogen) atoms. The monoisotopic (exact) mass is 404 g/mol. The maximum absolute atomic E-state index is 13.2. The molecule has 0 spiro atoms. The summed E-state index contributed by atoms with van der Waals surface area (Å²) in [6.45, 7) is 4.19. The minimum absolute atomic E-state index is 0.0208. The SMILES string of the molecule is CSC1=C(C#N)C2NC(C(=O)c3ccccc3)CC(c3ccc(C)cc3C)N2N1. The van der Waals surface area contributed by atoms with Crippen LogP contribution in [0.4, 0.5) is 0 Å². The van der Waals surface area contributed by atoms with Crippen molar-refractivity contribution in [2.45, 2.75) is 38.5 Å². The van der Waals surface area contributed by atoms with Crippen molar-refractivity contribution < 1.29 is 4.79 Å². The number of fused-ring (bicyclic) bond motifs is 1. The molecule has 2 N–H and O–H groups in total. The van der Waals surface area contributed by atoms with Gasteiger partial charge in [-0.25, -0.2) is 0 Å². The van der Waals surface area contributed by atoms with Crippen molar-refractivity contribution in [1.82, 2.24) is 15.8 Å². The van der Waals surface area contributed by atoms with Gasteiger partial charge in [0.1, 0.15) is 12.2 Å². The molecule has 6 heteroatoms. The summed E-state index contributed by atoms with van der Waals surface area (Å²) in [7, 11) is 0. The highest BCUT2D eigenvalue weighted by molar-refractivity contribution is 8.02. The fourth-order valence-corrected chi connectivity index (χ4v) is 4.83. The topological polar surface area (TPSA) is 68.2 Å². The van der Waals surface area contributed by atoms with Crippen LogP contribution in [-0.2, 0) is 0 Å². The van der Waals surface area contributed by atoms with Gasteiger partial charge in [0.2, 0.25) is 0 Å². The van der Waals surface area contributed by atoms with E-state index in [0.29, 0.717) is 17.6 Å². The van der Waals surface area contributed by atoms with Gasteiger partial charge in [-0.1, -0.05) is 54.1 Å². The maximum Gasteiger partial charge on any atom is 0.179 e. The summed E-state index contributed by atoms with van der Waals surface area (Å²) in [4.78, 5) is 13.2. The lowest BCUT2D eigenvalue weighted by Crippen LogP contribution is -2.60. The highest BCUT2D eigenvalue weighted by Crippen LogP contribution is 2.39. The van der Waals surface area contributed by atoms with Crippen molar-refractivity contribution in [2.75, 3.05) is 6.26 Å². The molecule has 1 saturated heterocycles. The van der Waals surface area contributed by atoms with E-state index in [9.17, 15) is 10.1 Å². The first-order valence-corrected chi connectivity index (χ1v) is 10.9. The van der Waals surface area contributed by atoms with Crippen LogP contribution >= 0.6 is 11.8 Å². The van der Waals surface area contributed by atoms with Gasteiger partial charge in [0, 0.05) is 5.56 Å². The second-order valence-corrected chi connectivity index (χ2v) is 8.36. The largest absolute Gasteiger partial charge is 0.310 e. The van der Waals surface area contributed by atoms with E-state index in [1.807, 2.05) is 36.6 Å². The highest BCUT2D eigenvalue weighted by Gasteiger charge is 2.45. The average molecular weight is 405 g/mol. The van der Waals surface area contributed by atoms with E-state index in [0.717, 1.165) is 5.03 Å². The molecule has 3 atom stereocenters. The number of hydrogen-bond donors (Lipinski definition) is 2. The van der Waals surface area contributed by atoms with Crippen molar-refractivity contribution in [3.63, 3.8) is 0 Å². The number of nitrogens with zero attached hydrogens (tertiary/aromatic N) is 2. The van der Waals surface area contributed by atoms with E-state index in [1.165, 1.54) is 28.5 Å². The van der Waals surface area contributed by atoms with Gasteiger partial charge in [0.15, 0.2) is 5.78 Å². The van der Waals surface area contributed by atoms with Crippen molar-refractivity contribution in [2.24, 2.45) is 0 Å². The predicted molar refractivity (Wildman–Crippen MR) is 116 cm³/mol. The number of aryl methyl sites for hydroxylation is 2. The van der Waals surface area contributed by atoms with Gasteiger partial charge in [0.05, 0.1) is 22.7 Å². The van der Waals surface area contributed by atoms with Gasteiger partial charge in [-0.3, -0.25) is 10.1 Å². The molecule has 4 rings (SSSR count). The summed E-state index contributed by atoms with van der Waals surface area (Å²) in [5.74, 6) is 0.0647. The molecule has 148 valence electrons. The van der Waals surface area contributed by atoms with Gasteiger partial charge in [-0.05, 0) is 37.7 Å². The van der Waals surface area contributed by atoms with Crippen LogP contribution in [0.15, 0.2) is 59.1 Å². The van der Waals surface area contributed by atoms with E-state index in [1.54, 1.807) is 0 Å². The van der Waals surface area contributed by atoms with Gasteiger partial charge in [-0.2, -0.15) is 10.3 Å². The Morgan fingerprint density at radius 3 is 2.62 bits per heavy atom. The Kier molecular flexibility index (Phi) is 5.46. The molecule has 0 saturated carbocycles. The molecular formula is C23H24N4OS. The van der Waals surface area contributed by atoms with Crippen LogP contribution in [0, 0.1) is 25.2 Å². The molecule has 2 heterocycles. The Morgan fingerprint density at radius 2 is 1.97 bits per heavy atom. The fraction of sp³-hybridized carbons (Fsp3) is 0.304. The van der Waals surface area contributed by atoms with Crippen LogP contribution in [0.25, 0.3) is 0 Å². The zero-order valence-corrected chi connectivity index (χ0v) is 17.6. The van der Waals surface area contributed by atoms with E-state index in [-0.39, 0.29) is 24.0 Å². The van der Waals surface area contributed by atoms with Crippen LogP contribution in [-0.4, -0.2) is 29.3 Å². The van der Waals surface area contributed by atoms with E-state index < -0.39 is 0 Å². The second kappa shape index (κ2) is 8.03. The third-order valence-electron chi connectivity index (χ3n) is 5.66. The Hall–Kier alpha value is -2.59. The molecule has 5 nitrogen and oxygen atoms in total. The number of nitrogens with one attached hydrogen (secondary N) is 2. The number of thioether (sulfide) groups is 1. The zero-order chi connectivity index (χ0) is 20.5. The number of nitriles is 1. The summed E-state index contributed by atoms with van der Waals surface area (Å²) < 4.78 is 0. The van der Waals surface area contributed by atoms with E-state index >= 15 is 0 Å². The third kappa shape index (κ3) is 3.58. The minimum Gasteiger partial charge on any atom is -0.310 e. The van der Waals surface area contributed by atoms with Crippen LogP contribution < -0.4 is 10.7 Å². The maximum atomic E-state index is 13.2. The second-order valence-electron chi connectivity index (χ2n) is 7.54. The van der Waals surface area contributed by atoms with Gasteiger partial charge in [0.25, 0.3) is 0 Å². The van der Waals surface area contributed by atoms with Crippen LogP contribution in [0.5, 0.6) is 0 Å². The van der Waals surface area contributed by atoms with Crippen LogP contribution in [0.3, 0.4) is 0 Å². The number of hydrogen-bond acceptors (Lipinski definition) is 6. The van der Waals surface area contributed by atoms with Crippen molar-refractivity contribution in [1.29, 1.82) is 5.26 Å². The first-order chi connectivity index (χ1) is 14.0. The lowest BCUT2D eigenvalue weighted by atomic mass is 9.88. The molecule has 0 aliphatic carbocycles. The average Bonchev–Trinajstić information content (AvgIpc) is 3.11.